The summed E-state index contributed by atoms with van der Waals surface area (Å²) >= 11 is 0. The summed E-state index contributed by atoms with van der Waals surface area (Å²) in [7, 11) is 0. The van der Waals surface area contributed by atoms with Crippen LogP contribution in [0, 0.1) is 20.8 Å². The molecule has 3 aromatic heterocycles. The van der Waals surface area contributed by atoms with Crippen LogP contribution in [-0.4, -0.2) is 76.8 Å². The molecule has 3 heterocycles. The number of ether oxygens (including phenoxy) is 3. The lowest BCUT2D eigenvalue weighted by Crippen LogP contribution is -2.35. The number of aryl methyl sites for hydroxylation is 3. The Morgan fingerprint density at radius 3 is 0.985 bits per heavy atom. The fourth-order valence-electron chi connectivity index (χ4n) is 7.38. The number of hydrogen-bond acceptors (Lipinski definition) is 10. The highest BCUT2D eigenvalue weighted by molar-refractivity contribution is 5.99. The van der Waals surface area contributed by atoms with Gasteiger partial charge in [0, 0.05) is 38.2 Å². The number of nitrogens with zero attached hydrogens (tertiary/aromatic N) is 1. The largest absolute Gasteiger partial charge is 0.482 e. The van der Waals surface area contributed by atoms with Crippen molar-refractivity contribution in [1.82, 2.24) is 35.8 Å². The van der Waals surface area contributed by atoms with Gasteiger partial charge in [0.25, 0.3) is 34.4 Å². The van der Waals surface area contributed by atoms with Gasteiger partial charge in [0.1, 0.15) is 19.8 Å². The second-order valence-corrected chi connectivity index (χ2v) is 16.0. The number of pyridine rings is 3. The van der Waals surface area contributed by atoms with E-state index in [1.54, 1.807) is 20.8 Å². The van der Waals surface area contributed by atoms with Gasteiger partial charge < -0.3 is 50.0 Å². The normalized spacial score (nSPS) is 10.9. The lowest BCUT2D eigenvalue weighted by Gasteiger charge is -2.23. The van der Waals surface area contributed by atoms with Crippen molar-refractivity contribution in [3.8, 4) is 17.2 Å². The number of carbonyl (C=O) groups is 3. The molecule has 16 heteroatoms. The summed E-state index contributed by atoms with van der Waals surface area (Å²) in [6, 6.07) is 28.0. The standard InChI is InChI=1S/C51H57N7O9/c1-34-28-55-49(62)43(65-31-37-16-7-4-8-17-37)40(34)46(59)52-22-13-25-58(26-14-23-53-47(60)41-35(2)29-56-50(63)44(41)66-32-38-18-9-5-10-19-38)27-15-24-54-48(61)42-36(3)30-57-51(64)45(42)67-33-39-20-11-6-12-21-39/h4-12,16-21,28-30H,13-15,22-27,31-33H2,1-3H3,(H,52,59)(H,53,60)(H,54,61)(H,55,62)(H,56,63)(H,57,64). The van der Waals surface area contributed by atoms with Gasteiger partial charge in [0.15, 0.2) is 17.2 Å². The molecule has 0 aliphatic rings. The molecule has 3 aromatic carbocycles. The molecule has 0 bridgehead atoms. The molecule has 0 fully saturated rings. The van der Waals surface area contributed by atoms with Gasteiger partial charge in [-0.1, -0.05) is 91.0 Å². The monoisotopic (exact) mass is 911 g/mol. The maximum absolute atomic E-state index is 13.5. The molecule has 0 unspecified atom stereocenters. The first kappa shape index (κ1) is 48.7. The van der Waals surface area contributed by atoms with E-state index in [2.05, 4.69) is 35.8 Å². The van der Waals surface area contributed by atoms with E-state index in [-0.39, 0.29) is 73.4 Å². The van der Waals surface area contributed by atoms with Crippen molar-refractivity contribution in [2.24, 2.45) is 0 Å². The van der Waals surface area contributed by atoms with Gasteiger partial charge in [-0.15, -0.1) is 0 Å². The Balaban J connectivity index is 1.07. The second-order valence-electron chi connectivity index (χ2n) is 16.0. The van der Waals surface area contributed by atoms with E-state index in [0.717, 1.165) is 16.7 Å². The minimum Gasteiger partial charge on any atom is -0.482 e. The summed E-state index contributed by atoms with van der Waals surface area (Å²) in [4.78, 5) is 89.2. The molecule has 0 saturated carbocycles. The first-order valence-corrected chi connectivity index (χ1v) is 22.2. The van der Waals surface area contributed by atoms with Crippen LogP contribution >= 0.6 is 0 Å². The highest BCUT2D eigenvalue weighted by Crippen LogP contribution is 2.21. The molecule has 350 valence electrons. The summed E-state index contributed by atoms with van der Waals surface area (Å²) in [6.07, 6.45) is 6.06. The van der Waals surface area contributed by atoms with Crippen LogP contribution in [0.15, 0.2) is 124 Å². The van der Waals surface area contributed by atoms with Gasteiger partial charge in [-0.2, -0.15) is 0 Å². The van der Waals surface area contributed by atoms with Crippen molar-refractivity contribution in [1.29, 1.82) is 0 Å². The summed E-state index contributed by atoms with van der Waals surface area (Å²) in [6.45, 7) is 8.01. The van der Waals surface area contributed by atoms with E-state index in [9.17, 15) is 28.8 Å². The molecule has 0 aliphatic heterocycles. The lowest BCUT2D eigenvalue weighted by molar-refractivity contribution is 0.0939. The zero-order valence-corrected chi connectivity index (χ0v) is 38.0. The van der Waals surface area contributed by atoms with Gasteiger partial charge in [-0.25, -0.2) is 0 Å². The summed E-state index contributed by atoms with van der Waals surface area (Å²) in [5.74, 6) is -1.47. The zero-order valence-electron chi connectivity index (χ0n) is 38.0. The van der Waals surface area contributed by atoms with Crippen LogP contribution < -0.4 is 46.8 Å². The quantitative estimate of drug-likeness (QED) is 0.0421. The van der Waals surface area contributed by atoms with Crippen LogP contribution in [0.3, 0.4) is 0 Å². The predicted octanol–water partition coefficient (Wildman–Crippen LogP) is 5.48. The number of H-pyrrole nitrogens is 3. The van der Waals surface area contributed by atoms with E-state index >= 15 is 0 Å². The minimum atomic E-state index is -0.507. The van der Waals surface area contributed by atoms with Gasteiger partial charge in [0.05, 0.1) is 16.7 Å². The molecule has 67 heavy (non-hydrogen) atoms. The fourth-order valence-corrected chi connectivity index (χ4v) is 7.38. The molecule has 6 aromatic rings. The fraction of sp³-hybridized carbons (Fsp3) is 0.294. The summed E-state index contributed by atoms with van der Waals surface area (Å²) in [5, 5.41) is 8.82. The van der Waals surface area contributed by atoms with Crippen LogP contribution in [0.1, 0.15) is 83.7 Å². The number of amides is 3. The molecule has 6 N–H and O–H groups in total. The number of nitrogens with one attached hydrogen (secondary N) is 6. The van der Waals surface area contributed by atoms with Gasteiger partial charge in [-0.05, 0) is 93.0 Å². The molecular weight excluding hydrogens is 855 g/mol. The number of rotatable bonds is 24. The third-order valence-corrected chi connectivity index (χ3v) is 10.9. The summed E-state index contributed by atoms with van der Waals surface area (Å²) in [5.41, 5.74) is 3.18. The van der Waals surface area contributed by atoms with Crippen molar-refractivity contribution in [3.63, 3.8) is 0 Å². The molecule has 3 amide bonds. The molecule has 0 aliphatic carbocycles. The first-order chi connectivity index (χ1) is 32.5. The Morgan fingerprint density at radius 2 is 0.716 bits per heavy atom. The third kappa shape index (κ3) is 13.9. The molecular formula is C51H57N7O9. The number of hydrogen-bond donors (Lipinski definition) is 6. The van der Waals surface area contributed by atoms with Gasteiger partial charge in [-0.3, -0.25) is 28.8 Å². The number of carbonyl (C=O) groups excluding carboxylic acids is 3. The third-order valence-electron chi connectivity index (χ3n) is 10.9. The Morgan fingerprint density at radius 1 is 0.448 bits per heavy atom. The van der Waals surface area contributed by atoms with Crippen LogP contribution in [0.25, 0.3) is 0 Å². The van der Waals surface area contributed by atoms with E-state index in [1.165, 1.54) is 18.6 Å². The van der Waals surface area contributed by atoms with Crippen LogP contribution in [0.4, 0.5) is 0 Å². The molecule has 16 nitrogen and oxygen atoms in total. The predicted molar refractivity (Wildman–Crippen MR) is 255 cm³/mol. The number of benzene rings is 3. The maximum atomic E-state index is 13.5. The Bertz CT molecular complexity index is 2470. The Labute approximate surface area is 388 Å². The molecule has 0 saturated heterocycles. The van der Waals surface area contributed by atoms with Crippen molar-refractivity contribution in [3.05, 3.63) is 191 Å². The Hall–Kier alpha value is -7.72. The van der Waals surface area contributed by atoms with Gasteiger partial charge >= 0.3 is 0 Å². The van der Waals surface area contributed by atoms with E-state index in [0.29, 0.717) is 55.6 Å². The summed E-state index contributed by atoms with van der Waals surface area (Å²) < 4.78 is 17.6. The smallest absolute Gasteiger partial charge is 0.291 e. The molecule has 0 radical (unpaired) electrons. The SMILES string of the molecule is Cc1c[nH]c(=O)c(OCc2ccccc2)c1C(=O)NCCCN(CCCNC(=O)c1c(C)c[nH]c(=O)c1OCc1ccccc1)CCCNC(=O)c1c(C)c[nH]c(=O)c1OCc1ccccc1. The van der Waals surface area contributed by atoms with Crippen LogP contribution in [-0.2, 0) is 19.8 Å². The van der Waals surface area contributed by atoms with E-state index in [1.807, 2.05) is 91.0 Å². The van der Waals surface area contributed by atoms with Crippen LogP contribution in [0.5, 0.6) is 17.2 Å². The number of aromatic nitrogens is 3. The second kappa shape index (κ2) is 24.5. The van der Waals surface area contributed by atoms with Crippen molar-refractivity contribution in [2.45, 2.75) is 59.9 Å². The highest BCUT2D eigenvalue weighted by atomic mass is 16.5. The van der Waals surface area contributed by atoms with Crippen molar-refractivity contribution < 1.29 is 28.6 Å². The zero-order chi connectivity index (χ0) is 47.5. The van der Waals surface area contributed by atoms with Crippen LogP contribution in [0.2, 0.25) is 0 Å². The lowest BCUT2D eigenvalue weighted by atomic mass is 10.1. The molecule has 6 rings (SSSR count). The topological polar surface area (TPSA) is 217 Å². The Kier molecular flexibility index (Phi) is 17.8. The molecule has 0 spiro atoms. The van der Waals surface area contributed by atoms with E-state index < -0.39 is 34.4 Å². The van der Waals surface area contributed by atoms with Crippen molar-refractivity contribution in [2.75, 3.05) is 39.3 Å². The average Bonchev–Trinajstić information content (AvgIpc) is 3.34. The first-order valence-electron chi connectivity index (χ1n) is 22.2. The van der Waals surface area contributed by atoms with Crippen molar-refractivity contribution >= 4 is 17.7 Å². The maximum Gasteiger partial charge on any atom is 0.291 e. The minimum absolute atomic E-state index is 0.0533. The van der Waals surface area contributed by atoms with Gasteiger partial charge in [0.2, 0.25) is 0 Å². The average molecular weight is 912 g/mol. The number of aromatic amines is 3. The van der Waals surface area contributed by atoms with E-state index in [4.69, 9.17) is 14.2 Å². The molecule has 0 atom stereocenters. The highest BCUT2D eigenvalue weighted by Gasteiger charge is 2.22.